The van der Waals surface area contributed by atoms with Crippen molar-refractivity contribution in [3.05, 3.63) is 0 Å². The number of carbonyl (C=O) groups excluding carboxylic acids is 1. The fourth-order valence-electron chi connectivity index (χ4n) is 2.59. The third-order valence-electron chi connectivity index (χ3n) is 3.77. The average Bonchev–Trinajstić information content (AvgIpc) is 3.11. The minimum absolute atomic E-state index is 0.143. The van der Waals surface area contributed by atoms with Gasteiger partial charge in [0.2, 0.25) is 0 Å². The number of hydrogen-bond acceptors (Lipinski definition) is 4. The van der Waals surface area contributed by atoms with Gasteiger partial charge in [-0.2, -0.15) is 0 Å². The molecular weight excluding hydrogens is 252 g/mol. The number of rotatable bonds is 9. The van der Waals surface area contributed by atoms with Gasteiger partial charge in [0.05, 0.1) is 6.61 Å². The molecule has 1 fully saturated rings. The Morgan fingerprint density at radius 3 is 2.35 bits per heavy atom. The fraction of sp³-hybridized carbons (Fsp3) is 0.938. The van der Waals surface area contributed by atoms with Crippen molar-refractivity contribution >= 4 is 5.97 Å². The molecule has 1 atom stereocenters. The molecule has 4 nitrogen and oxygen atoms in total. The van der Waals surface area contributed by atoms with Crippen molar-refractivity contribution in [2.24, 2.45) is 5.92 Å². The first-order chi connectivity index (χ1) is 9.28. The average molecular weight is 284 g/mol. The van der Waals surface area contributed by atoms with Crippen LogP contribution in [0.5, 0.6) is 0 Å². The molecule has 0 spiro atoms. The Bertz CT molecular complexity index is 314. The first-order valence-corrected chi connectivity index (χ1v) is 7.97. The molecule has 1 saturated carbocycles. The highest BCUT2D eigenvalue weighted by molar-refractivity contribution is 5.80. The number of carbonyl (C=O) groups is 1. The van der Waals surface area contributed by atoms with E-state index in [0.717, 1.165) is 12.5 Å². The zero-order chi connectivity index (χ0) is 15.3. The van der Waals surface area contributed by atoms with E-state index in [9.17, 15) is 4.79 Å². The lowest BCUT2D eigenvalue weighted by atomic mass is 9.99. The van der Waals surface area contributed by atoms with Crippen LogP contribution in [0.25, 0.3) is 0 Å². The van der Waals surface area contributed by atoms with Crippen molar-refractivity contribution in [3.8, 4) is 0 Å². The van der Waals surface area contributed by atoms with Crippen molar-refractivity contribution < 1.29 is 9.53 Å². The van der Waals surface area contributed by atoms with Crippen molar-refractivity contribution in [2.45, 2.75) is 72.0 Å². The highest BCUT2D eigenvalue weighted by Gasteiger charge is 2.38. The summed E-state index contributed by atoms with van der Waals surface area (Å²) >= 11 is 0. The summed E-state index contributed by atoms with van der Waals surface area (Å²) in [6.45, 7) is 14.6. The summed E-state index contributed by atoms with van der Waals surface area (Å²) in [6, 6.07) is 0.692. The lowest BCUT2D eigenvalue weighted by Crippen LogP contribution is -2.60. The van der Waals surface area contributed by atoms with Crippen molar-refractivity contribution in [1.82, 2.24) is 10.2 Å². The molecule has 1 rings (SSSR count). The smallest absolute Gasteiger partial charge is 0.327 e. The van der Waals surface area contributed by atoms with Crippen LogP contribution in [-0.4, -0.2) is 48.2 Å². The quantitative estimate of drug-likeness (QED) is 0.660. The summed E-state index contributed by atoms with van der Waals surface area (Å²) in [7, 11) is 0. The third-order valence-corrected chi connectivity index (χ3v) is 3.77. The first-order valence-electron chi connectivity index (χ1n) is 7.97. The van der Waals surface area contributed by atoms with Crippen LogP contribution in [0.2, 0.25) is 0 Å². The molecule has 1 unspecified atom stereocenters. The van der Waals surface area contributed by atoms with Crippen molar-refractivity contribution in [3.63, 3.8) is 0 Å². The molecule has 0 heterocycles. The van der Waals surface area contributed by atoms with Crippen LogP contribution >= 0.6 is 0 Å². The Kier molecular flexibility index (Phi) is 6.46. The molecule has 0 amide bonds. The van der Waals surface area contributed by atoms with E-state index < -0.39 is 5.54 Å². The van der Waals surface area contributed by atoms with Crippen LogP contribution in [0.15, 0.2) is 0 Å². The van der Waals surface area contributed by atoms with E-state index in [4.69, 9.17) is 4.74 Å². The molecule has 1 N–H and O–H groups in total. The Morgan fingerprint density at radius 2 is 1.95 bits per heavy atom. The highest BCUT2D eigenvalue weighted by atomic mass is 16.5. The van der Waals surface area contributed by atoms with E-state index in [1.165, 1.54) is 12.8 Å². The SMILES string of the molecule is CCOC(=O)C(C)(CN(CC1CC1)C(C)C)NC(C)C. The number of hydrogen-bond donors (Lipinski definition) is 1. The van der Waals surface area contributed by atoms with E-state index in [1.54, 1.807) is 0 Å². The minimum Gasteiger partial charge on any atom is -0.465 e. The van der Waals surface area contributed by atoms with Gasteiger partial charge in [0, 0.05) is 25.2 Å². The molecule has 0 saturated heterocycles. The maximum Gasteiger partial charge on any atom is 0.327 e. The van der Waals surface area contributed by atoms with Gasteiger partial charge in [0.15, 0.2) is 0 Å². The minimum atomic E-state index is -0.636. The lowest BCUT2D eigenvalue weighted by molar-refractivity contribution is -0.152. The summed E-state index contributed by atoms with van der Waals surface area (Å²) in [5.74, 6) is 0.679. The second-order valence-electron chi connectivity index (χ2n) is 6.82. The first kappa shape index (κ1) is 17.4. The molecule has 20 heavy (non-hydrogen) atoms. The van der Waals surface area contributed by atoms with E-state index in [0.29, 0.717) is 19.2 Å². The maximum absolute atomic E-state index is 12.3. The number of esters is 1. The molecular formula is C16H32N2O2. The van der Waals surface area contributed by atoms with Gasteiger partial charge >= 0.3 is 5.97 Å². The van der Waals surface area contributed by atoms with Gasteiger partial charge in [-0.3, -0.25) is 15.0 Å². The summed E-state index contributed by atoms with van der Waals surface area (Å²) < 4.78 is 5.28. The van der Waals surface area contributed by atoms with Gasteiger partial charge in [-0.15, -0.1) is 0 Å². The maximum atomic E-state index is 12.3. The Hall–Kier alpha value is -0.610. The fourth-order valence-corrected chi connectivity index (χ4v) is 2.59. The van der Waals surface area contributed by atoms with E-state index >= 15 is 0 Å². The Labute approximate surface area is 124 Å². The molecule has 0 radical (unpaired) electrons. The van der Waals surface area contributed by atoms with Gasteiger partial charge in [0.1, 0.15) is 5.54 Å². The van der Waals surface area contributed by atoms with Gasteiger partial charge in [-0.1, -0.05) is 0 Å². The van der Waals surface area contributed by atoms with Gasteiger partial charge < -0.3 is 4.74 Å². The molecule has 1 aliphatic rings. The predicted molar refractivity (Wildman–Crippen MR) is 82.7 cm³/mol. The topological polar surface area (TPSA) is 41.6 Å². The van der Waals surface area contributed by atoms with Gasteiger partial charge in [0.25, 0.3) is 0 Å². The zero-order valence-corrected chi connectivity index (χ0v) is 14.0. The number of nitrogens with zero attached hydrogens (tertiary/aromatic N) is 1. The predicted octanol–water partition coefficient (Wildman–Crippen LogP) is 2.43. The van der Waals surface area contributed by atoms with Gasteiger partial charge in [-0.25, -0.2) is 0 Å². The second kappa shape index (κ2) is 7.41. The van der Waals surface area contributed by atoms with Crippen LogP contribution in [0.4, 0.5) is 0 Å². The van der Waals surface area contributed by atoms with E-state index in [1.807, 2.05) is 13.8 Å². The summed E-state index contributed by atoms with van der Waals surface area (Å²) in [6.07, 6.45) is 2.66. The molecule has 0 bridgehead atoms. The second-order valence-corrected chi connectivity index (χ2v) is 6.82. The van der Waals surface area contributed by atoms with Crippen LogP contribution in [-0.2, 0) is 9.53 Å². The standard InChI is InChI=1S/C16H32N2O2/c1-7-20-15(19)16(6,17-12(2)3)11-18(13(4)5)10-14-8-9-14/h12-14,17H,7-11H2,1-6H3. The largest absolute Gasteiger partial charge is 0.465 e. The molecule has 4 heteroatoms. The summed E-state index contributed by atoms with van der Waals surface area (Å²) in [5, 5.41) is 3.40. The molecule has 1 aliphatic carbocycles. The van der Waals surface area contributed by atoms with Gasteiger partial charge in [-0.05, 0) is 60.3 Å². The van der Waals surface area contributed by atoms with E-state index in [-0.39, 0.29) is 12.0 Å². The zero-order valence-electron chi connectivity index (χ0n) is 14.0. The number of ether oxygens (including phenoxy) is 1. The van der Waals surface area contributed by atoms with Crippen LogP contribution in [0.3, 0.4) is 0 Å². The normalized spacial score (nSPS) is 18.6. The lowest BCUT2D eigenvalue weighted by Gasteiger charge is -2.37. The monoisotopic (exact) mass is 284 g/mol. The van der Waals surface area contributed by atoms with Crippen molar-refractivity contribution in [1.29, 1.82) is 0 Å². The van der Waals surface area contributed by atoms with Crippen LogP contribution < -0.4 is 5.32 Å². The number of nitrogens with one attached hydrogen (secondary N) is 1. The molecule has 0 aromatic carbocycles. The molecule has 0 aromatic rings. The molecule has 0 aromatic heterocycles. The van der Waals surface area contributed by atoms with Crippen molar-refractivity contribution in [2.75, 3.05) is 19.7 Å². The summed E-state index contributed by atoms with van der Waals surface area (Å²) in [4.78, 5) is 14.8. The van der Waals surface area contributed by atoms with Crippen LogP contribution in [0, 0.1) is 5.92 Å². The Morgan fingerprint density at radius 1 is 1.35 bits per heavy atom. The van der Waals surface area contributed by atoms with E-state index in [2.05, 4.69) is 37.9 Å². The third kappa shape index (κ3) is 5.41. The van der Waals surface area contributed by atoms with Crippen LogP contribution in [0.1, 0.15) is 54.4 Å². The Balaban J connectivity index is 2.76. The molecule has 0 aliphatic heterocycles. The summed E-state index contributed by atoms with van der Waals surface area (Å²) in [5.41, 5.74) is -0.636. The molecule has 118 valence electrons. The highest BCUT2D eigenvalue weighted by Crippen LogP contribution is 2.31.